The van der Waals surface area contributed by atoms with Gasteiger partial charge in [0.25, 0.3) is 5.91 Å². The van der Waals surface area contributed by atoms with Gasteiger partial charge in [0.1, 0.15) is 0 Å². The van der Waals surface area contributed by atoms with E-state index in [2.05, 4.69) is 26.5 Å². The zero-order valence-corrected chi connectivity index (χ0v) is 14.7. The fourth-order valence-corrected chi connectivity index (χ4v) is 3.40. The van der Waals surface area contributed by atoms with Gasteiger partial charge in [-0.1, -0.05) is 0 Å². The van der Waals surface area contributed by atoms with E-state index >= 15 is 0 Å². The van der Waals surface area contributed by atoms with E-state index in [9.17, 15) is 4.79 Å². The molecule has 0 bridgehead atoms. The number of nitrogens with one attached hydrogen (secondary N) is 1. The maximum atomic E-state index is 12.3. The summed E-state index contributed by atoms with van der Waals surface area (Å²) in [4.78, 5) is 14.8. The summed E-state index contributed by atoms with van der Waals surface area (Å²) in [6.07, 6.45) is 5.95. The first-order valence-electron chi connectivity index (χ1n) is 8.50. The van der Waals surface area contributed by atoms with Gasteiger partial charge in [-0.15, -0.1) is 0 Å². The number of rotatable bonds is 5. The van der Waals surface area contributed by atoms with Crippen molar-refractivity contribution >= 4 is 5.91 Å². The number of likely N-dealkylation sites (tertiary alicyclic amines) is 1. The number of aromatic nitrogens is 4. The molecule has 0 unspecified atom stereocenters. The molecule has 0 aliphatic carbocycles. The van der Waals surface area contributed by atoms with Crippen molar-refractivity contribution in [3.05, 3.63) is 35.4 Å². The van der Waals surface area contributed by atoms with E-state index in [4.69, 9.17) is 0 Å². The summed E-state index contributed by atoms with van der Waals surface area (Å²) < 4.78 is 3.61. The highest BCUT2D eigenvalue weighted by Crippen LogP contribution is 2.18. The van der Waals surface area contributed by atoms with Gasteiger partial charge in [0.2, 0.25) is 0 Å². The highest BCUT2D eigenvalue weighted by atomic mass is 16.1. The van der Waals surface area contributed by atoms with Gasteiger partial charge in [-0.2, -0.15) is 10.2 Å². The Kier molecular flexibility index (Phi) is 4.99. The zero-order valence-electron chi connectivity index (χ0n) is 14.7. The van der Waals surface area contributed by atoms with Crippen LogP contribution in [0.3, 0.4) is 0 Å². The number of nitrogens with zero attached hydrogens (tertiary/aromatic N) is 5. The van der Waals surface area contributed by atoms with Crippen molar-refractivity contribution in [1.82, 2.24) is 29.8 Å². The number of hydrogen-bond acceptors (Lipinski definition) is 4. The van der Waals surface area contributed by atoms with Gasteiger partial charge < -0.3 is 5.32 Å². The predicted octanol–water partition coefficient (Wildman–Crippen LogP) is 1.10. The highest BCUT2D eigenvalue weighted by molar-refractivity contribution is 5.94. The Morgan fingerprint density at radius 1 is 1.42 bits per heavy atom. The zero-order chi connectivity index (χ0) is 17.1. The summed E-state index contributed by atoms with van der Waals surface area (Å²) in [6.45, 7) is 5.62. The quantitative estimate of drug-likeness (QED) is 0.891. The molecule has 1 aliphatic rings. The molecule has 0 aromatic carbocycles. The second kappa shape index (κ2) is 7.17. The standard InChI is InChI=1S/C17H26N6O/c1-13-16(12-21(2)20-13)17(24)18-9-14-5-4-8-23(10-14)11-15-6-7-19-22(15)3/h6-7,12,14H,4-5,8-11H2,1-3H3,(H,18,24)/t14-/m1/s1. The minimum absolute atomic E-state index is 0.0237. The van der Waals surface area contributed by atoms with Crippen LogP contribution in [0.1, 0.15) is 34.6 Å². The number of carbonyl (C=O) groups is 1. The molecule has 0 spiro atoms. The Morgan fingerprint density at radius 3 is 2.92 bits per heavy atom. The molecule has 130 valence electrons. The molecule has 24 heavy (non-hydrogen) atoms. The smallest absolute Gasteiger partial charge is 0.254 e. The summed E-state index contributed by atoms with van der Waals surface area (Å²) in [5.41, 5.74) is 2.67. The number of amides is 1. The number of hydrogen-bond donors (Lipinski definition) is 1. The first-order chi connectivity index (χ1) is 11.5. The third kappa shape index (κ3) is 3.84. The van der Waals surface area contributed by atoms with E-state index in [0.29, 0.717) is 11.5 Å². The normalized spacial score (nSPS) is 18.7. The maximum Gasteiger partial charge on any atom is 0.254 e. The van der Waals surface area contributed by atoms with Gasteiger partial charge in [-0.05, 0) is 38.3 Å². The summed E-state index contributed by atoms with van der Waals surface area (Å²) >= 11 is 0. The molecular formula is C17H26N6O. The van der Waals surface area contributed by atoms with E-state index in [-0.39, 0.29) is 5.91 Å². The summed E-state index contributed by atoms with van der Waals surface area (Å²) in [5, 5.41) is 11.5. The molecule has 2 aromatic rings. The van der Waals surface area contributed by atoms with E-state index in [1.54, 1.807) is 10.9 Å². The number of aryl methyl sites for hydroxylation is 3. The molecule has 3 rings (SSSR count). The number of piperidine rings is 1. The van der Waals surface area contributed by atoms with Gasteiger partial charge in [-0.3, -0.25) is 19.1 Å². The second-order valence-corrected chi connectivity index (χ2v) is 6.70. The van der Waals surface area contributed by atoms with Gasteiger partial charge in [0, 0.05) is 46.1 Å². The fraction of sp³-hybridized carbons (Fsp3) is 0.588. The van der Waals surface area contributed by atoms with Crippen molar-refractivity contribution in [1.29, 1.82) is 0 Å². The highest BCUT2D eigenvalue weighted by Gasteiger charge is 2.22. The average Bonchev–Trinajstić information content (AvgIpc) is 3.11. The third-order valence-electron chi connectivity index (χ3n) is 4.72. The van der Waals surface area contributed by atoms with Crippen LogP contribution in [0.15, 0.2) is 18.5 Å². The minimum Gasteiger partial charge on any atom is -0.352 e. The Morgan fingerprint density at radius 2 is 2.25 bits per heavy atom. The molecule has 2 aromatic heterocycles. The Hall–Kier alpha value is -2.15. The van der Waals surface area contributed by atoms with Gasteiger partial charge in [0.15, 0.2) is 0 Å². The molecule has 3 heterocycles. The lowest BCUT2D eigenvalue weighted by atomic mass is 9.97. The SMILES string of the molecule is Cc1nn(C)cc1C(=O)NC[C@H]1CCCN(Cc2ccnn2C)C1. The van der Waals surface area contributed by atoms with Crippen LogP contribution in [0.4, 0.5) is 0 Å². The van der Waals surface area contributed by atoms with Gasteiger partial charge in [0.05, 0.1) is 17.0 Å². The number of carbonyl (C=O) groups excluding carboxylic acids is 1. The van der Waals surface area contributed by atoms with Crippen molar-refractivity contribution in [3.63, 3.8) is 0 Å². The van der Waals surface area contributed by atoms with Crippen LogP contribution >= 0.6 is 0 Å². The molecule has 0 saturated carbocycles. The van der Waals surface area contributed by atoms with E-state index in [0.717, 1.165) is 38.3 Å². The minimum atomic E-state index is -0.0237. The van der Waals surface area contributed by atoms with Crippen LogP contribution in [0.2, 0.25) is 0 Å². The van der Waals surface area contributed by atoms with Crippen molar-refractivity contribution in [2.24, 2.45) is 20.0 Å². The summed E-state index contributed by atoms with van der Waals surface area (Å²) in [5.74, 6) is 0.470. The molecule has 1 aliphatic heterocycles. The van der Waals surface area contributed by atoms with Crippen molar-refractivity contribution in [3.8, 4) is 0 Å². The van der Waals surface area contributed by atoms with Crippen LogP contribution in [0.5, 0.6) is 0 Å². The molecule has 1 atom stereocenters. The van der Waals surface area contributed by atoms with Crippen LogP contribution in [-0.2, 0) is 20.6 Å². The lowest BCUT2D eigenvalue weighted by Gasteiger charge is -2.32. The predicted molar refractivity (Wildman–Crippen MR) is 91.5 cm³/mol. The lowest BCUT2D eigenvalue weighted by molar-refractivity contribution is 0.0929. The maximum absolute atomic E-state index is 12.3. The molecule has 7 heteroatoms. The molecule has 1 fully saturated rings. The third-order valence-corrected chi connectivity index (χ3v) is 4.72. The summed E-state index contributed by atoms with van der Waals surface area (Å²) in [6, 6.07) is 2.07. The van der Waals surface area contributed by atoms with Gasteiger partial charge >= 0.3 is 0 Å². The molecule has 1 saturated heterocycles. The topological polar surface area (TPSA) is 68.0 Å². The molecule has 1 N–H and O–H groups in total. The Bertz CT molecular complexity index is 704. The fourth-order valence-electron chi connectivity index (χ4n) is 3.40. The van der Waals surface area contributed by atoms with Gasteiger partial charge in [-0.25, -0.2) is 0 Å². The Balaban J connectivity index is 1.51. The van der Waals surface area contributed by atoms with E-state index < -0.39 is 0 Å². The lowest BCUT2D eigenvalue weighted by Crippen LogP contribution is -2.40. The first kappa shape index (κ1) is 16.7. The van der Waals surface area contributed by atoms with Crippen molar-refractivity contribution in [2.45, 2.75) is 26.3 Å². The average molecular weight is 330 g/mol. The molecule has 1 amide bonds. The van der Waals surface area contributed by atoms with Crippen molar-refractivity contribution in [2.75, 3.05) is 19.6 Å². The van der Waals surface area contributed by atoms with Crippen molar-refractivity contribution < 1.29 is 4.79 Å². The first-order valence-corrected chi connectivity index (χ1v) is 8.50. The largest absolute Gasteiger partial charge is 0.352 e. The Labute approximate surface area is 142 Å². The molecule has 0 radical (unpaired) electrons. The van der Waals surface area contributed by atoms with Crippen LogP contribution in [0.25, 0.3) is 0 Å². The molecule has 7 nitrogen and oxygen atoms in total. The van der Waals surface area contributed by atoms with Crippen LogP contribution < -0.4 is 5.32 Å². The second-order valence-electron chi connectivity index (χ2n) is 6.70. The summed E-state index contributed by atoms with van der Waals surface area (Å²) in [7, 11) is 3.81. The van der Waals surface area contributed by atoms with E-state index in [1.165, 1.54) is 12.1 Å². The van der Waals surface area contributed by atoms with Crippen LogP contribution in [0, 0.1) is 12.8 Å². The van der Waals surface area contributed by atoms with Crippen LogP contribution in [-0.4, -0.2) is 50.0 Å². The monoisotopic (exact) mass is 330 g/mol. The van der Waals surface area contributed by atoms with E-state index in [1.807, 2.05) is 31.9 Å². The molecular weight excluding hydrogens is 304 g/mol.